The smallest absolute Gasteiger partial charge is 0.251 e. The number of nitrogens with zero attached hydrogens (tertiary/aromatic N) is 1. The summed E-state index contributed by atoms with van der Waals surface area (Å²) in [4.78, 5) is 16.9. The molecule has 2 aromatic carbocycles. The van der Waals surface area contributed by atoms with Crippen LogP contribution in [0.4, 0.5) is 0 Å². The molecule has 3 aromatic rings. The number of allylic oxidation sites excluding steroid dienone is 1. The molecule has 4 N–H and O–H groups in total. The summed E-state index contributed by atoms with van der Waals surface area (Å²) >= 11 is 0. The summed E-state index contributed by atoms with van der Waals surface area (Å²) in [7, 11) is 0. The highest BCUT2D eigenvalue weighted by Crippen LogP contribution is 2.17. The fourth-order valence-corrected chi connectivity index (χ4v) is 3.07. The van der Waals surface area contributed by atoms with Crippen molar-refractivity contribution in [1.29, 1.82) is 5.41 Å². The van der Waals surface area contributed by atoms with Crippen LogP contribution in [-0.2, 0) is 6.42 Å². The van der Waals surface area contributed by atoms with Crippen LogP contribution < -0.4 is 11.1 Å². The summed E-state index contributed by atoms with van der Waals surface area (Å²) in [5, 5.41) is 11.4. The van der Waals surface area contributed by atoms with Crippen molar-refractivity contribution in [3.8, 4) is 0 Å². The Bertz CT molecular complexity index is 1040. The second kappa shape index (κ2) is 9.46. The van der Waals surface area contributed by atoms with Gasteiger partial charge >= 0.3 is 0 Å². The minimum absolute atomic E-state index is 0.196. The Kier molecular flexibility index (Phi) is 6.53. The van der Waals surface area contributed by atoms with Gasteiger partial charge in [-0.15, -0.1) is 0 Å². The van der Waals surface area contributed by atoms with Gasteiger partial charge in [0.2, 0.25) is 0 Å². The van der Waals surface area contributed by atoms with Crippen molar-refractivity contribution in [3.63, 3.8) is 0 Å². The summed E-state index contributed by atoms with van der Waals surface area (Å²) in [6.07, 6.45) is 3.98. The summed E-state index contributed by atoms with van der Waals surface area (Å²) < 4.78 is 0. The molecule has 0 unspecified atom stereocenters. The fourth-order valence-electron chi connectivity index (χ4n) is 3.07. The summed E-state index contributed by atoms with van der Waals surface area (Å²) in [5.74, 6) is -0.218. The third-order valence-corrected chi connectivity index (χ3v) is 4.61. The molecule has 1 aromatic heterocycles. The van der Waals surface area contributed by atoms with Gasteiger partial charge in [-0.25, -0.2) is 0 Å². The van der Waals surface area contributed by atoms with Gasteiger partial charge in [-0.2, -0.15) is 0 Å². The number of nitrogens with two attached hydrogens (primary N) is 1. The first-order valence-corrected chi connectivity index (χ1v) is 9.45. The van der Waals surface area contributed by atoms with E-state index in [1.165, 1.54) is 0 Å². The Morgan fingerprint density at radius 2 is 1.66 bits per heavy atom. The van der Waals surface area contributed by atoms with Crippen LogP contribution >= 0.6 is 0 Å². The lowest BCUT2D eigenvalue weighted by Gasteiger charge is -2.11. The normalized spacial score (nSPS) is 11.1. The Balaban J connectivity index is 1.74. The van der Waals surface area contributed by atoms with Crippen molar-refractivity contribution in [1.82, 2.24) is 10.3 Å². The molecule has 0 aliphatic heterocycles. The largest absolute Gasteiger partial charge is 0.398 e. The highest BCUT2D eigenvalue weighted by molar-refractivity contribution is 6.15. The zero-order chi connectivity index (χ0) is 20.6. The molecule has 29 heavy (non-hydrogen) atoms. The van der Waals surface area contributed by atoms with E-state index in [1.54, 1.807) is 30.5 Å². The molecule has 146 valence electrons. The number of rotatable bonds is 7. The Hall–Kier alpha value is -3.73. The fraction of sp³-hybridized carbons (Fsp3) is 0.125. The van der Waals surface area contributed by atoms with Crippen molar-refractivity contribution >= 4 is 17.3 Å². The number of aromatic nitrogens is 1. The first-order chi connectivity index (χ1) is 14.1. The minimum atomic E-state index is -0.218. The molecule has 0 spiro atoms. The number of amides is 1. The molecule has 0 aliphatic rings. The number of hydrogen-bond acceptors (Lipinski definition) is 4. The molecular formula is C24H24N4O. The van der Waals surface area contributed by atoms with Gasteiger partial charge in [-0.05, 0) is 36.8 Å². The second-order valence-electron chi connectivity index (χ2n) is 6.70. The Morgan fingerprint density at radius 1 is 1.00 bits per heavy atom. The predicted octanol–water partition coefficient (Wildman–Crippen LogP) is 3.73. The SMILES string of the molecule is Cc1ccccc1/C(N)=C/C(=N)c1ccccc1C(=O)NCCc1ccccn1. The van der Waals surface area contributed by atoms with Crippen LogP contribution in [0.25, 0.3) is 5.70 Å². The lowest BCUT2D eigenvalue weighted by Crippen LogP contribution is -2.27. The van der Waals surface area contributed by atoms with Crippen molar-refractivity contribution in [2.75, 3.05) is 6.54 Å². The van der Waals surface area contributed by atoms with Crippen LogP contribution in [0.5, 0.6) is 0 Å². The number of nitrogens with one attached hydrogen (secondary N) is 2. The van der Waals surface area contributed by atoms with Crippen molar-refractivity contribution < 1.29 is 4.79 Å². The van der Waals surface area contributed by atoms with Crippen LogP contribution in [0, 0.1) is 12.3 Å². The maximum Gasteiger partial charge on any atom is 0.251 e. The molecule has 0 aliphatic carbocycles. The zero-order valence-electron chi connectivity index (χ0n) is 16.4. The monoisotopic (exact) mass is 384 g/mol. The van der Waals surface area contributed by atoms with Gasteiger partial charge in [0.15, 0.2) is 0 Å². The van der Waals surface area contributed by atoms with Crippen molar-refractivity contribution in [2.45, 2.75) is 13.3 Å². The Labute approximate surface area is 170 Å². The van der Waals surface area contributed by atoms with E-state index in [9.17, 15) is 4.79 Å². The van der Waals surface area contributed by atoms with Crippen LogP contribution in [-0.4, -0.2) is 23.1 Å². The molecule has 0 atom stereocenters. The molecule has 5 nitrogen and oxygen atoms in total. The number of carbonyl (C=O) groups is 1. The molecule has 0 saturated carbocycles. The number of carbonyl (C=O) groups excluding carboxylic acids is 1. The van der Waals surface area contributed by atoms with E-state index in [4.69, 9.17) is 11.1 Å². The van der Waals surface area contributed by atoms with E-state index < -0.39 is 0 Å². The van der Waals surface area contributed by atoms with E-state index in [0.717, 1.165) is 16.8 Å². The lowest BCUT2D eigenvalue weighted by atomic mass is 9.99. The van der Waals surface area contributed by atoms with Crippen LogP contribution in [0.1, 0.15) is 32.7 Å². The van der Waals surface area contributed by atoms with Crippen LogP contribution in [0.2, 0.25) is 0 Å². The lowest BCUT2D eigenvalue weighted by molar-refractivity contribution is 0.0954. The van der Waals surface area contributed by atoms with Gasteiger partial charge in [-0.3, -0.25) is 9.78 Å². The van der Waals surface area contributed by atoms with Gasteiger partial charge in [0, 0.05) is 47.2 Å². The minimum Gasteiger partial charge on any atom is -0.398 e. The molecule has 0 fully saturated rings. The second-order valence-corrected chi connectivity index (χ2v) is 6.70. The summed E-state index contributed by atoms with van der Waals surface area (Å²) in [6, 6.07) is 20.5. The quantitative estimate of drug-likeness (QED) is 0.542. The molecule has 0 saturated heterocycles. The number of pyridine rings is 1. The molecule has 5 heteroatoms. The number of hydrogen-bond donors (Lipinski definition) is 3. The van der Waals surface area contributed by atoms with E-state index in [0.29, 0.717) is 29.8 Å². The third kappa shape index (κ3) is 5.17. The number of aryl methyl sites for hydroxylation is 1. The third-order valence-electron chi connectivity index (χ3n) is 4.61. The Morgan fingerprint density at radius 3 is 2.34 bits per heavy atom. The standard InChI is InChI=1S/C24H24N4O/c1-17-8-2-3-10-19(17)22(25)16-23(26)20-11-4-5-12-21(20)24(29)28-15-13-18-9-6-7-14-27-18/h2-12,14,16,26H,13,15,25H2,1H3,(H,28,29)/b22-16-,26-23?. The maximum atomic E-state index is 12.7. The predicted molar refractivity (Wildman–Crippen MR) is 117 cm³/mol. The first-order valence-electron chi connectivity index (χ1n) is 9.45. The van der Waals surface area contributed by atoms with Crippen LogP contribution in [0.15, 0.2) is 79.0 Å². The highest BCUT2D eigenvalue weighted by atomic mass is 16.1. The van der Waals surface area contributed by atoms with Gasteiger partial charge in [0.05, 0.1) is 5.71 Å². The van der Waals surface area contributed by atoms with E-state index in [2.05, 4.69) is 10.3 Å². The molecule has 0 bridgehead atoms. The topological polar surface area (TPSA) is 91.9 Å². The van der Waals surface area contributed by atoms with E-state index in [-0.39, 0.29) is 11.6 Å². The van der Waals surface area contributed by atoms with Crippen molar-refractivity contribution in [2.24, 2.45) is 5.73 Å². The summed E-state index contributed by atoms with van der Waals surface area (Å²) in [6.45, 7) is 2.45. The van der Waals surface area contributed by atoms with Crippen molar-refractivity contribution in [3.05, 3.63) is 107 Å². The zero-order valence-corrected chi connectivity index (χ0v) is 16.4. The van der Waals surface area contributed by atoms with Crippen LogP contribution in [0.3, 0.4) is 0 Å². The van der Waals surface area contributed by atoms with Gasteiger partial charge in [-0.1, -0.05) is 48.5 Å². The molecule has 3 rings (SSSR count). The molecule has 1 amide bonds. The van der Waals surface area contributed by atoms with Gasteiger partial charge in [0.25, 0.3) is 5.91 Å². The highest BCUT2D eigenvalue weighted by Gasteiger charge is 2.13. The molecular weight excluding hydrogens is 360 g/mol. The number of benzene rings is 2. The van der Waals surface area contributed by atoms with Gasteiger partial charge < -0.3 is 16.5 Å². The molecule has 0 radical (unpaired) electrons. The maximum absolute atomic E-state index is 12.7. The van der Waals surface area contributed by atoms with E-state index >= 15 is 0 Å². The average Bonchev–Trinajstić information content (AvgIpc) is 2.74. The summed E-state index contributed by atoms with van der Waals surface area (Å²) in [5.41, 5.74) is 10.7. The van der Waals surface area contributed by atoms with Gasteiger partial charge in [0.1, 0.15) is 0 Å². The molecule has 1 heterocycles. The first kappa shape index (κ1) is 20.0. The van der Waals surface area contributed by atoms with E-state index in [1.807, 2.05) is 55.5 Å². The average molecular weight is 384 g/mol.